The maximum Gasteiger partial charge on any atom is 0.238 e. The number of hydrogen-bond donors (Lipinski definition) is 1. The molecule has 0 aliphatic carbocycles. The van der Waals surface area contributed by atoms with E-state index >= 15 is 0 Å². The number of carbonyl (C=O) groups is 2. The number of benzene rings is 1. The average molecular weight is 362 g/mol. The van der Waals surface area contributed by atoms with Crippen LogP contribution < -0.4 is 5.32 Å². The normalized spacial score (nSPS) is 21.8. The van der Waals surface area contributed by atoms with Crippen molar-refractivity contribution >= 4 is 29.3 Å². The predicted octanol–water partition coefficient (Wildman–Crippen LogP) is 2.22. The highest BCUT2D eigenvalue weighted by Gasteiger charge is 2.30. The Morgan fingerprint density at radius 3 is 2.60 bits per heavy atom. The molecule has 1 atom stereocenters. The quantitative estimate of drug-likeness (QED) is 0.893. The van der Waals surface area contributed by atoms with Gasteiger partial charge in [0.15, 0.2) is 0 Å². The Balaban J connectivity index is 1.49. The topological polar surface area (TPSA) is 52.7 Å². The summed E-state index contributed by atoms with van der Waals surface area (Å²) in [4.78, 5) is 29.1. The van der Waals surface area contributed by atoms with Crippen LogP contribution in [0.1, 0.15) is 18.4 Å². The van der Waals surface area contributed by atoms with Crippen LogP contribution in [0.2, 0.25) is 0 Å². The summed E-state index contributed by atoms with van der Waals surface area (Å²) in [7, 11) is 0. The lowest BCUT2D eigenvalue weighted by Crippen LogP contribution is -2.48. The van der Waals surface area contributed by atoms with E-state index in [1.807, 2.05) is 47.9 Å². The molecule has 0 aromatic heterocycles. The number of amides is 2. The summed E-state index contributed by atoms with van der Waals surface area (Å²) in [5, 5.41) is 2.95. The molecule has 2 amide bonds. The lowest BCUT2D eigenvalue weighted by Gasteiger charge is -2.35. The van der Waals surface area contributed by atoms with Crippen LogP contribution in [0.25, 0.3) is 0 Å². The van der Waals surface area contributed by atoms with Crippen molar-refractivity contribution in [3.63, 3.8) is 0 Å². The van der Waals surface area contributed by atoms with Crippen LogP contribution in [0.5, 0.6) is 0 Å². The second-order valence-electron chi connectivity index (χ2n) is 6.93. The summed E-state index contributed by atoms with van der Waals surface area (Å²) < 4.78 is 0. The summed E-state index contributed by atoms with van der Waals surface area (Å²) in [6, 6.07) is 7.82. The van der Waals surface area contributed by atoms with Crippen molar-refractivity contribution in [1.29, 1.82) is 0 Å². The fourth-order valence-corrected chi connectivity index (χ4v) is 4.39. The van der Waals surface area contributed by atoms with Crippen molar-refractivity contribution in [3.8, 4) is 0 Å². The fraction of sp³-hybridized carbons (Fsp3) is 0.579. The van der Waals surface area contributed by atoms with E-state index in [4.69, 9.17) is 0 Å². The maximum absolute atomic E-state index is 12.7. The SMILES string of the molecule is Cc1ccc(NC(=O)CN2CCCC(C(=O)N3CCSCC3)C2)cc1. The van der Waals surface area contributed by atoms with Gasteiger partial charge in [0.2, 0.25) is 11.8 Å². The zero-order chi connectivity index (χ0) is 17.6. The molecule has 0 radical (unpaired) electrons. The van der Waals surface area contributed by atoms with Crippen LogP contribution in [0.3, 0.4) is 0 Å². The maximum atomic E-state index is 12.7. The molecule has 3 rings (SSSR count). The van der Waals surface area contributed by atoms with E-state index in [1.165, 1.54) is 5.56 Å². The number of rotatable bonds is 4. The monoisotopic (exact) mass is 361 g/mol. The third-order valence-corrected chi connectivity index (χ3v) is 5.82. The molecule has 2 heterocycles. The van der Waals surface area contributed by atoms with Gasteiger partial charge in [-0.3, -0.25) is 14.5 Å². The van der Waals surface area contributed by atoms with Crippen molar-refractivity contribution < 1.29 is 9.59 Å². The molecule has 136 valence electrons. The van der Waals surface area contributed by atoms with Gasteiger partial charge in [-0.05, 0) is 38.4 Å². The van der Waals surface area contributed by atoms with Gasteiger partial charge >= 0.3 is 0 Å². The summed E-state index contributed by atoms with van der Waals surface area (Å²) >= 11 is 1.92. The highest BCUT2D eigenvalue weighted by Crippen LogP contribution is 2.21. The Kier molecular flexibility index (Phi) is 6.37. The number of thioether (sulfide) groups is 1. The molecule has 1 unspecified atom stereocenters. The van der Waals surface area contributed by atoms with E-state index in [9.17, 15) is 9.59 Å². The number of anilines is 1. The fourth-order valence-electron chi connectivity index (χ4n) is 3.48. The van der Waals surface area contributed by atoms with Crippen molar-refractivity contribution in [1.82, 2.24) is 9.80 Å². The van der Waals surface area contributed by atoms with Crippen LogP contribution in [-0.2, 0) is 9.59 Å². The largest absolute Gasteiger partial charge is 0.341 e. The molecule has 2 aliphatic heterocycles. The molecule has 25 heavy (non-hydrogen) atoms. The standard InChI is InChI=1S/C19H27N3O2S/c1-15-4-6-17(7-5-15)20-18(23)14-21-8-2-3-16(13-21)19(24)22-9-11-25-12-10-22/h4-7,16H,2-3,8-14H2,1H3,(H,20,23). The van der Waals surface area contributed by atoms with Crippen LogP contribution in [0.4, 0.5) is 5.69 Å². The Bertz CT molecular complexity index is 599. The van der Waals surface area contributed by atoms with E-state index in [-0.39, 0.29) is 17.7 Å². The number of carbonyl (C=O) groups excluding carboxylic acids is 2. The molecule has 0 spiro atoms. The zero-order valence-electron chi connectivity index (χ0n) is 14.9. The van der Waals surface area contributed by atoms with Crippen molar-refractivity contribution in [3.05, 3.63) is 29.8 Å². The minimum atomic E-state index is -0.00803. The van der Waals surface area contributed by atoms with E-state index in [0.717, 1.165) is 49.7 Å². The smallest absolute Gasteiger partial charge is 0.238 e. The van der Waals surface area contributed by atoms with E-state index in [2.05, 4.69) is 10.2 Å². The van der Waals surface area contributed by atoms with Gasteiger partial charge in [-0.25, -0.2) is 0 Å². The first-order valence-corrected chi connectivity index (χ1v) is 10.2. The van der Waals surface area contributed by atoms with Crippen molar-refractivity contribution in [2.75, 3.05) is 49.5 Å². The number of aryl methyl sites for hydroxylation is 1. The number of hydrogen-bond acceptors (Lipinski definition) is 4. The molecule has 6 heteroatoms. The summed E-state index contributed by atoms with van der Waals surface area (Å²) in [5.41, 5.74) is 2.00. The number of nitrogens with one attached hydrogen (secondary N) is 1. The second kappa shape index (κ2) is 8.72. The molecule has 1 aromatic rings. The van der Waals surface area contributed by atoms with Crippen LogP contribution in [0.15, 0.2) is 24.3 Å². The van der Waals surface area contributed by atoms with Gasteiger partial charge in [-0.2, -0.15) is 11.8 Å². The van der Waals surface area contributed by atoms with Gasteiger partial charge in [0.05, 0.1) is 12.5 Å². The van der Waals surface area contributed by atoms with Gasteiger partial charge in [0.25, 0.3) is 0 Å². The zero-order valence-corrected chi connectivity index (χ0v) is 15.7. The van der Waals surface area contributed by atoms with Gasteiger partial charge < -0.3 is 10.2 Å². The van der Waals surface area contributed by atoms with Crippen LogP contribution in [0, 0.1) is 12.8 Å². The van der Waals surface area contributed by atoms with Crippen LogP contribution >= 0.6 is 11.8 Å². The summed E-state index contributed by atoms with van der Waals surface area (Å²) in [6.45, 7) is 5.71. The molecular weight excluding hydrogens is 334 g/mol. The summed E-state index contributed by atoms with van der Waals surface area (Å²) in [6.07, 6.45) is 1.93. The predicted molar refractivity (Wildman–Crippen MR) is 103 cm³/mol. The molecule has 0 saturated carbocycles. The lowest BCUT2D eigenvalue weighted by atomic mass is 9.96. The first kappa shape index (κ1) is 18.3. The minimum Gasteiger partial charge on any atom is -0.341 e. The molecule has 5 nitrogen and oxygen atoms in total. The minimum absolute atomic E-state index is 0.00803. The van der Waals surface area contributed by atoms with E-state index < -0.39 is 0 Å². The van der Waals surface area contributed by atoms with Gasteiger partial charge in [-0.15, -0.1) is 0 Å². The third-order valence-electron chi connectivity index (χ3n) is 4.88. The Morgan fingerprint density at radius 1 is 1.16 bits per heavy atom. The van der Waals surface area contributed by atoms with Crippen molar-refractivity contribution in [2.45, 2.75) is 19.8 Å². The van der Waals surface area contributed by atoms with Gasteiger partial charge in [0, 0.05) is 36.8 Å². The average Bonchev–Trinajstić information content (AvgIpc) is 2.64. The molecule has 2 aliphatic rings. The third kappa shape index (κ3) is 5.22. The first-order valence-electron chi connectivity index (χ1n) is 9.07. The molecule has 1 aromatic carbocycles. The van der Waals surface area contributed by atoms with E-state index in [0.29, 0.717) is 13.1 Å². The molecule has 0 bridgehead atoms. The first-order chi connectivity index (χ1) is 12.1. The van der Waals surface area contributed by atoms with E-state index in [1.54, 1.807) is 0 Å². The Hall–Kier alpha value is -1.53. The number of piperidine rings is 1. The molecule has 1 N–H and O–H groups in total. The highest BCUT2D eigenvalue weighted by atomic mass is 32.2. The second-order valence-corrected chi connectivity index (χ2v) is 8.15. The lowest BCUT2D eigenvalue weighted by molar-refractivity contribution is -0.137. The van der Waals surface area contributed by atoms with Crippen molar-refractivity contribution in [2.24, 2.45) is 5.92 Å². The molecular formula is C19H27N3O2S. The van der Waals surface area contributed by atoms with Gasteiger partial charge in [0.1, 0.15) is 0 Å². The molecule has 2 saturated heterocycles. The Morgan fingerprint density at radius 2 is 1.88 bits per heavy atom. The highest BCUT2D eigenvalue weighted by molar-refractivity contribution is 7.99. The molecule has 2 fully saturated rings. The number of nitrogens with zero attached hydrogens (tertiary/aromatic N) is 2. The number of likely N-dealkylation sites (tertiary alicyclic amines) is 1. The van der Waals surface area contributed by atoms with Gasteiger partial charge in [-0.1, -0.05) is 17.7 Å². The Labute approximate surface area is 154 Å². The summed E-state index contributed by atoms with van der Waals surface area (Å²) in [5.74, 6) is 2.40. The van der Waals surface area contributed by atoms with Crippen LogP contribution in [-0.4, -0.2) is 65.8 Å².